The second-order valence-electron chi connectivity index (χ2n) is 4.91. The first-order valence-electron chi connectivity index (χ1n) is 6.74. The number of imidazole rings is 1. The molecule has 1 atom stereocenters. The fourth-order valence-electron chi connectivity index (χ4n) is 2.26. The van der Waals surface area contributed by atoms with E-state index in [1.54, 1.807) is 12.5 Å². The van der Waals surface area contributed by atoms with Gasteiger partial charge in [0.2, 0.25) is 5.91 Å². The fourth-order valence-corrected chi connectivity index (χ4v) is 2.26. The van der Waals surface area contributed by atoms with Crippen LogP contribution in [0.4, 0.5) is 0 Å². The Balaban J connectivity index is 2.76. The highest BCUT2D eigenvalue weighted by Gasteiger charge is 2.40. The summed E-state index contributed by atoms with van der Waals surface area (Å²) in [5, 5.41) is 14.8. The molecule has 0 aliphatic heterocycles. The summed E-state index contributed by atoms with van der Waals surface area (Å²) in [5.74, 6) is -0.264. The molecule has 1 unspecified atom stereocenters. The van der Waals surface area contributed by atoms with E-state index in [9.17, 15) is 4.79 Å². The number of hydrogen-bond acceptors (Lipinski definition) is 4. The summed E-state index contributed by atoms with van der Waals surface area (Å²) in [5.41, 5.74) is 4.75. The standard InChI is InChI=1S/C13H23N5O2/c1-4-13(5-2,11(14)17-20)12(19)16-10(3)8-18-7-6-15-9-18/h6-7,9-10,20H,4-5,8H2,1-3H3,(H2,14,17)(H,16,19). The predicted octanol–water partition coefficient (Wildman–Crippen LogP) is 0.941. The number of nitrogens with zero attached hydrogens (tertiary/aromatic N) is 3. The first-order valence-corrected chi connectivity index (χ1v) is 6.74. The topological polar surface area (TPSA) is 106 Å². The van der Waals surface area contributed by atoms with Crippen molar-refractivity contribution in [3.8, 4) is 0 Å². The van der Waals surface area contributed by atoms with Gasteiger partial charge in [0.25, 0.3) is 0 Å². The largest absolute Gasteiger partial charge is 0.409 e. The molecule has 1 amide bonds. The molecular weight excluding hydrogens is 258 g/mol. The van der Waals surface area contributed by atoms with Crippen LogP contribution >= 0.6 is 0 Å². The number of amidine groups is 1. The molecule has 0 aromatic carbocycles. The number of hydrogen-bond donors (Lipinski definition) is 3. The maximum Gasteiger partial charge on any atom is 0.234 e. The third kappa shape index (κ3) is 3.28. The number of rotatable bonds is 7. The van der Waals surface area contributed by atoms with Crippen LogP contribution in [0.25, 0.3) is 0 Å². The Morgan fingerprint density at radius 2 is 2.20 bits per heavy atom. The molecule has 0 aliphatic rings. The molecule has 1 aromatic rings. The maximum atomic E-state index is 12.5. The van der Waals surface area contributed by atoms with Crippen LogP contribution in [0.5, 0.6) is 0 Å². The number of nitrogens with one attached hydrogen (secondary N) is 1. The zero-order chi connectivity index (χ0) is 15.2. The van der Waals surface area contributed by atoms with Gasteiger partial charge >= 0.3 is 0 Å². The average molecular weight is 281 g/mol. The minimum absolute atomic E-state index is 0.0465. The Morgan fingerprint density at radius 3 is 2.65 bits per heavy atom. The molecule has 1 heterocycles. The molecule has 0 radical (unpaired) electrons. The van der Waals surface area contributed by atoms with Crippen molar-refractivity contribution in [2.75, 3.05) is 0 Å². The van der Waals surface area contributed by atoms with E-state index in [0.29, 0.717) is 19.4 Å². The number of oxime groups is 1. The van der Waals surface area contributed by atoms with Gasteiger partial charge in [-0.1, -0.05) is 19.0 Å². The van der Waals surface area contributed by atoms with Gasteiger partial charge in [-0.05, 0) is 19.8 Å². The molecule has 7 heteroatoms. The highest BCUT2D eigenvalue weighted by molar-refractivity contribution is 6.06. The van der Waals surface area contributed by atoms with Gasteiger partial charge in [-0.3, -0.25) is 4.79 Å². The van der Waals surface area contributed by atoms with E-state index in [1.807, 2.05) is 31.5 Å². The fraction of sp³-hybridized carbons (Fsp3) is 0.615. The Morgan fingerprint density at radius 1 is 1.55 bits per heavy atom. The van der Waals surface area contributed by atoms with E-state index in [1.165, 1.54) is 0 Å². The minimum Gasteiger partial charge on any atom is -0.409 e. The summed E-state index contributed by atoms with van der Waals surface area (Å²) in [6, 6.07) is -0.0827. The molecule has 1 aromatic heterocycles. The molecule has 20 heavy (non-hydrogen) atoms. The first kappa shape index (κ1) is 16.0. The van der Waals surface area contributed by atoms with Crippen LogP contribution in [0.2, 0.25) is 0 Å². The van der Waals surface area contributed by atoms with Crippen molar-refractivity contribution in [2.45, 2.75) is 46.2 Å². The van der Waals surface area contributed by atoms with E-state index in [0.717, 1.165) is 0 Å². The highest BCUT2D eigenvalue weighted by Crippen LogP contribution is 2.27. The lowest BCUT2D eigenvalue weighted by molar-refractivity contribution is -0.128. The molecule has 0 spiro atoms. The molecule has 7 nitrogen and oxygen atoms in total. The predicted molar refractivity (Wildman–Crippen MR) is 76.3 cm³/mol. The molecule has 4 N–H and O–H groups in total. The van der Waals surface area contributed by atoms with Crippen molar-refractivity contribution in [3.63, 3.8) is 0 Å². The van der Waals surface area contributed by atoms with Crippen LogP contribution in [0, 0.1) is 5.41 Å². The van der Waals surface area contributed by atoms with E-state index >= 15 is 0 Å². The van der Waals surface area contributed by atoms with Crippen molar-refractivity contribution < 1.29 is 10.0 Å². The zero-order valence-electron chi connectivity index (χ0n) is 12.2. The normalized spacial score (nSPS) is 14.1. The molecular formula is C13H23N5O2. The second kappa shape index (κ2) is 6.93. The average Bonchev–Trinajstić information content (AvgIpc) is 2.92. The lowest BCUT2D eigenvalue weighted by atomic mass is 9.80. The van der Waals surface area contributed by atoms with Gasteiger partial charge in [0.1, 0.15) is 5.41 Å². The number of carbonyl (C=O) groups is 1. The lowest BCUT2D eigenvalue weighted by Gasteiger charge is -2.30. The van der Waals surface area contributed by atoms with Gasteiger partial charge in [0, 0.05) is 25.0 Å². The molecule has 0 bridgehead atoms. The van der Waals surface area contributed by atoms with Gasteiger partial charge in [-0.15, -0.1) is 0 Å². The molecule has 0 saturated carbocycles. The molecule has 0 fully saturated rings. The van der Waals surface area contributed by atoms with E-state index < -0.39 is 5.41 Å². The van der Waals surface area contributed by atoms with Crippen molar-refractivity contribution in [1.29, 1.82) is 0 Å². The summed E-state index contributed by atoms with van der Waals surface area (Å²) < 4.78 is 1.88. The van der Waals surface area contributed by atoms with Crippen molar-refractivity contribution in [3.05, 3.63) is 18.7 Å². The van der Waals surface area contributed by atoms with Crippen LogP contribution in [0.1, 0.15) is 33.6 Å². The monoisotopic (exact) mass is 281 g/mol. The lowest BCUT2D eigenvalue weighted by Crippen LogP contribution is -2.52. The summed E-state index contributed by atoms with van der Waals surface area (Å²) in [4.78, 5) is 16.4. The van der Waals surface area contributed by atoms with Crippen molar-refractivity contribution in [2.24, 2.45) is 16.3 Å². The molecule has 112 valence electrons. The van der Waals surface area contributed by atoms with Crippen molar-refractivity contribution >= 4 is 11.7 Å². The Kier molecular flexibility index (Phi) is 5.54. The highest BCUT2D eigenvalue weighted by atomic mass is 16.4. The van der Waals surface area contributed by atoms with Crippen LogP contribution < -0.4 is 11.1 Å². The van der Waals surface area contributed by atoms with Gasteiger partial charge in [0.05, 0.1) is 6.33 Å². The smallest absolute Gasteiger partial charge is 0.234 e. The third-order valence-corrected chi connectivity index (χ3v) is 3.66. The Hall–Kier alpha value is -2.05. The minimum atomic E-state index is -0.960. The molecule has 0 aliphatic carbocycles. The Labute approximate surface area is 118 Å². The first-order chi connectivity index (χ1) is 9.50. The number of carbonyl (C=O) groups excluding carboxylic acids is 1. The zero-order valence-corrected chi connectivity index (χ0v) is 12.2. The Bertz CT molecular complexity index is 451. The summed E-state index contributed by atoms with van der Waals surface area (Å²) in [6.07, 6.45) is 6.16. The summed E-state index contributed by atoms with van der Waals surface area (Å²) in [6.45, 7) is 6.22. The van der Waals surface area contributed by atoms with Crippen molar-refractivity contribution in [1.82, 2.24) is 14.9 Å². The van der Waals surface area contributed by atoms with Crippen LogP contribution in [0.15, 0.2) is 23.9 Å². The SMILES string of the molecule is CCC(CC)(C(=O)NC(C)Cn1ccnc1)C(N)=NO. The van der Waals surface area contributed by atoms with Crippen LogP contribution in [0.3, 0.4) is 0 Å². The maximum absolute atomic E-state index is 12.5. The summed E-state index contributed by atoms with van der Waals surface area (Å²) >= 11 is 0. The quantitative estimate of drug-likeness (QED) is 0.299. The number of aromatic nitrogens is 2. The number of nitrogens with two attached hydrogens (primary N) is 1. The van der Waals surface area contributed by atoms with E-state index in [4.69, 9.17) is 10.9 Å². The van der Waals surface area contributed by atoms with Crippen LogP contribution in [-0.4, -0.2) is 32.5 Å². The van der Waals surface area contributed by atoms with Gasteiger partial charge in [-0.25, -0.2) is 4.98 Å². The van der Waals surface area contributed by atoms with Gasteiger partial charge < -0.3 is 20.8 Å². The van der Waals surface area contributed by atoms with E-state index in [-0.39, 0.29) is 17.8 Å². The van der Waals surface area contributed by atoms with Gasteiger partial charge in [-0.2, -0.15) is 0 Å². The molecule has 1 rings (SSSR count). The third-order valence-electron chi connectivity index (χ3n) is 3.66. The van der Waals surface area contributed by atoms with E-state index in [2.05, 4.69) is 15.5 Å². The second-order valence-corrected chi connectivity index (χ2v) is 4.91. The summed E-state index contributed by atoms with van der Waals surface area (Å²) in [7, 11) is 0. The van der Waals surface area contributed by atoms with Crippen LogP contribution in [-0.2, 0) is 11.3 Å². The van der Waals surface area contributed by atoms with Gasteiger partial charge in [0.15, 0.2) is 5.84 Å². The molecule has 0 saturated heterocycles. The number of amides is 1.